The summed E-state index contributed by atoms with van der Waals surface area (Å²) < 4.78 is 1.13. The monoisotopic (exact) mass is 437 g/mol. The summed E-state index contributed by atoms with van der Waals surface area (Å²) in [5.41, 5.74) is 1.93. The van der Waals surface area contributed by atoms with Crippen LogP contribution in [-0.2, 0) is 0 Å². The van der Waals surface area contributed by atoms with Crippen LogP contribution in [0.3, 0.4) is 0 Å². The van der Waals surface area contributed by atoms with E-state index in [1.54, 1.807) is 11.3 Å². The minimum atomic E-state index is -0.574. The Morgan fingerprint density at radius 3 is 2.64 bits per heavy atom. The van der Waals surface area contributed by atoms with Crippen molar-refractivity contribution in [2.45, 2.75) is 60.3 Å². The molecule has 0 amide bonds. The van der Waals surface area contributed by atoms with Crippen LogP contribution in [0.15, 0.2) is 40.2 Å². The number of rotatable bonds is 8. The standard InChI is InChI=1S/C22H28ClNO2S2/c23-19-7-6-17(18(19)8-12-27-21-24-11-13-28-21)15-2-4-16(5-3-15)20(26)22(14-25)9-1-10-22/h2-5,11,13,17-20,25-26H,1,6-10,12,14H2. The minimum absolute atomic E-state index is 0.0608. The SMILES string of the molecule is OCC1(C(O)c2ccc(C3CCC(Cl)C3CCSc3nccs3)cc2)CCC1. The number of aromatic nitrogens is 1. The molecular formula is C22H28ClNO2S2. The fraction of sp³-hybridized carbons (Fsp3) is 0.591. The van der Waals surface area contributed by atoms with E-state index in [0.29, 0.717) is 11.8 Å². The summed E-state index contributed by atoms with van der Waals surface area (Å²) in [6.07, 6.45) is 7.48. The maximum Gasteiger partial charge on any atom is 0.149 e. The first-order valence-corrected chi connectivity index (χ1v) is 12.5. The van der Waals surface area contributed by atoms with Crippen LogP contribution in [0.5, 0.6) is 0 Å². The Morgan fingerprint density at radius 2 is 2.04 bits per heavy atom. The maximum atomic E-state index is 10.8. The number of thioether (sulfide) groups is 1. The summed E-state index contributed by atoms with van der Waals surface area (Å²) in [4.78, 5) is 4.35. The van der Waals surface area contributed by atoms with Crippen molar-refractivity contribution < 1.29 is 10.2 Å². The molecule has 0 bridgehead atoms. The van der Waals surface area contributed by atoms with Crippen molar-refractivity contribution >= 4 is 34.7 Å². The lowest BCUT2D eigenvalue weighted by molar-refractivity contribution is -0.0734. The topological polar surface area (TPSA) is 53.4 Å². The van der Waals surface area contributed by atoms with Gasteiger partial charge in [0.05, 0.1) is 12.7 Å². The molecule has 3 nitrogen and oxygen atoms in total. The van der Waals surface area contributed by atoms with Gasteiger partial charge in [0.1, 0.15) is 4.34 Å². The molecule has 4 rings (SSSR count). The van der Waals surface area contributed by atoms with Crippen LogP contribution in [0.1, 0.15) is 61.7 Å². The molecule has 1 heterocycles. The number of hydrogen-bond acceptors (Lipinski definition) is 5. The third-order valence-electron chi connectivity index (χ3n) is 6.75. The van der Waals surface area contributed by atoms with E-state index < -0.39 is 6.10 Å². The zero-order valence-corrected chi connectivity index (χ0v) is 18.4. The van der Waals surface area contributed by atoms with Crippen molar-refractivity contribution in [1.29, 1.82) is 0 Å². The average Bonchev–Trinajstić information content (AvgIpc) is 3.32. The predicted molar refractivity (Wildman–Crippen MR) is 117 cm³/mol. The highest BCUT2D eigenvalue weighted by molar-refractivity contribution is 8.00. The summed E-state index contributed by atoms with van der Waals surface area (Å²) in [6, 6.07) is 8.45. The van der Waals surface area contributed by atoms with E-state index in [0.717, 1.165) is 54.2 Å². The summed E-state index contributed by atoms with van der Waals surface area (Å²) >= 11 is 10.2. The maximum absolute atomic E-state index is 10.8. The van der Waals surface area contributed by atoms with Crippen molar-refractivity contribution in [3.8, 4) is 0 Å². The molecule has 2 N–H and O–H groups in total. The predicted octanol–water partition coefficient (Wildman–Crippen LogP) is 5.62. The number of alkyl halides is 1. The number of benzene rings is 1. The second-order valence-electron chi connectivity index (χ2n) is 8.24. The summed E-state index contributed by atoms with van der Waals surface area (Å²) in [5.74, 6) is 2.02. The number of aliphatic hydroxyl groups is 2. The highest BCUT2D eigenvalue weighted by Crippen LogP contribution is 2.50. The molecule has 0 spiro atoms. The molecule has 2 aliphatic carbocycles. The first-order chi connectivity index (χ1) is 13.6. The van der Waals surface area contributed by atoms with E-state index >= 15 is 0 Å². The molecule has 4 unspecified atom stereocenters. The van der Waals surface area contributed by atoms with Gasteiger partial charge in [-0.2, -0.15) is 0 Å². The van der Waals surface area contributed by atoms with Gasteiger partial charge in [0, 0.05) is 28.1 Å². The largest absolute Gasteiger partial charge is 0.396 e. The van der Waals surface area contributed by atoms with Crippen LogP contribution >= 0.6 is 34.7 Å². The van der Waals surface area contributed by atoms with Crippen molar-refractivity contribution in [1.82, 2.24) is 4.98 Å². The van der Waals surface area contributed by atoms with Crippen LogP contribution in [0.2, 0.25) is 0 Å². The van der Waals surface area contributed by atoms with Crippen LogP contribution in [-0.4, -0.2) is 32.9 Å². The van der Waals surface area contributed by atoms with Crippen LogP contribution in [0, 0.1) is 11.3 Å². The molecule has 0 aliphatic heterocycles. The molecule has 0 saturated heterocycles. The fourth-order valence-corrected chi connectivity index (χ4v) is 6.98. The lowest BCUT2D eigenvalue weighted by Crippen LogP contribution is -2.39. The van der Waals surface area contributed by atoms with E-state index in [2.05, 4.69) is 29.2 Å². The zero-order valence-electron chi connectivity index (χ0n) is 16.0. The summed E-state index contributed by atoms with van der Waals surface area (Å²) in [6.45, 7) is 0.0608. The second-order valence-corrected chi connectivity index (χ2v) is 11.0. The minimum Gasteiger partial charge on any atom is -0.396 e. The molecule has 28 heavy (non-hydrogen) atoms. The fourth-order valence-electron chi connectivity index (χ4n) is 4.81. The third kappa shape index (κ3) is 4.15. The van der Waals surface area contributed by atoms with E-state index in [9.17, 15) is 10.2 Å². The molecule has 4 atom stereocenters. The smallest absolute Gasteiger partial charge is 0.149 e. The highest BCUT2D eigenvalue weighted by Gasteiger charge is 2.43. The van der Waals surface area contributed by atoms with Crippen LogP contribution in [0.4, 0.5) is 0 Å². The highest BCUT2D eigenvalue weighted by atomic mass is 35.5. The molecule has 6 heteroatoms. The van der Waals surface area contributed by atoms with Crippen LogP contribution in [0.25, 0.3) is 0 Å². The Kier molecular flexibility index (Phi) is 6.68. The quantitative estimate of drug-likeness (QED) is 0.415. The van der Waals surface area contributed by atoms with Gasteiger partial charge in [0.2, 0.25) is 0 Å². The molecule has 0 radical (unpaired) electrons. The van der Waals surface area contributed by atoms with E-state index in [4.69, 9.17) is 11.6 Å². The first-order valence-electron chi connectivity index (χ1n) is 10.2. The summed E-state index contributed by atoms with van der Waals surface area (Å²) in [7, 11) is 0. The number of nitrogens with zero attached hydrogens (tertiary/aromatic N) is 1. The molecule has 2 aromatic rings. The van der Waals surface area contributed by atoms with Crippen molar-refractivity contribution in [2.75, 3.05) is 12.4 Å². The molecular weight excluding hydrogens is 410 g/mol. The van der Waals surface area contributed by atoms with Gasteiger partial charge in [-0.1, -0.05) is 42.4 Å². The van der Waals surface area contributed by atoms with E-state index in [1.165, 1.54) is 5.56 Å². The van der Waals surface area contributed by atoms with E-state index in [1.807, 2.05) is 23.3 Å². The van der Waals surface area contributed by atoms with Crippen molar-refractivity contribution in [2.24, 2.45) is 11.3 Å². The number of aliphatic hydroxyl groups excluding tert-OH is 2. The zero-order chi connectivity index (χ0) is 19.6. The van der Waals surface area contributed by atoms with Gasteiger partial charge < -0.3 is 10.2 Å². The molecule has 2 fully saturated rings. The second kappa shape index (κ2) is 9.05. The molecule has 2 saturated carbocycles. The lowest BCUT2D eigenvalue weighted by atomic mass is 9.64. The van der Waals surface area contributed by atoms with Gasteiger partial charge >= 0.3 is 0 Å². The molecule has 152 valence electrons. The van der Waals surface area contributed by atoms with Crippen molar-refractivity contribution in [3.63, 3.8) is 0 Å². The van der Waals surface area contributed by atoms with Gasteiger partial charge in [-0.15, -0.1) is 22.9 Å². The summed E-state index contributed by atoms with van der Waals surface area (Å²) in [5, 5.41) is 22.7. The van der Waals surface area contributed by atoms with Gasteiger partial charge in [0.25, 0.3) is 0 Å². The van der Waals surface area contributed by atoms with Gasteiger partial charge in [0.15, 0.2) is 0 Å². The Morgan fingerprint density at radius 1 is 1.25 bits per heavy atom. The third-order valence-corrected chi connectivity index (χ3v) is 9.29. The molecule has 1 aromatic heterocycles. The lowest BCUT2D eigenvalue weighted by Gasteiger charge is -2.44. The van der Waals surface area contributed by atoms with Crippen LogP contribution < -0.4 is 0 Å². The van der Waals surface area contributed by atoms with Gasteiger partial charge in [-0.3, -0.25) is 0 Å². The van der Waals surface area contributed by atoms with Gasteiger partial charge in [-0.05, 0) is 55.1 Å². The Bertz CT molecular complexity index is 743. The number of thiazole rings is 1. The van der Waals surface area contributed by atoms with Gasteiger partial charge in [-0.25, -0.2) is 4.98 Å². The van der Waals surface area contributed by atoms with E-state index in [-0.39, 0.29) is 17.4 Å². The molecule has 2 aliphatic rings. The Labute approximate surface area is 180 Å². The molecule has 1 aromatic carbocycles. The normalized spacial score (nSPS) is 27.5. The average molecular weight is 438 g/mol. The Balaban J connectivity index is 1.40. The Hall–Kier alpha value is -0.590. The number of hydrogen-bond donors (Lipinski definition) is 2. The first kappa shape index (κ1) is 20.7. The van der Waals surface area contributed by atoms with Crippen molar-refractivity contribution in [3.05, 3.63) is 47.0 Å². The number of halogens is 1.